The minimum absolute atomic E-state index is 0.147. The molecule has 8 heteroatoms. The van der Waals surface area contributed by atoms with Gasteiger partial charge in [-0.3, -0.25) is 4.79 Å². The van der Waals surface area contributed by atoms with E-state index in [1.165, 1.54) is 0 Å². The fraction of sp³-hybridized carbons (Fsp3) is 0.315. The van der Waals surface area contributed by atoms with Crippen LogP contribution in [0.3, 0.4) is 0 Å². The van der Waals surface area contributed by atoms with Crippen molar-refractivity contribution in [3.63, 3.8) is 0 Å². The molecular weight excluding hydrogens is 777 g/mol. The molecular formula is C54H54O8. The van der Waals surface area contributed by atoms with E-state index in [0.717, 1.165) is 64.0 Å². The van der Waals surface area contributed by atoms with Gasteiger partial charge in [-0.25, -0.2) is 0 Å². The first-order valence-corrected chi connectivity index (χ1v) is 21.8. The molecule has 0 radical (unpaired) electrons. The van der Waals surface area contributed by atoms with Crippen molar-refractivity contribution in [2.24, 2.45) is 0 Å². The van der Waals surface area contributed by atoms with Crippen LogP contribution in [-0.4, -0.2) is 49.5 Å². The summed E-state index contributed by atoms with van der Waals surface area (Å²) in [5.74, 6) is 1.57. The molecule has 0 amide bonds. The number of hydrogen-bond acceptors (Lipinski definition) is 8. The van der Waals surface area contributed by atoms with Crippen LogP contribution in [0.5, 0.6) is 11.5 Å². The van der Waals surface area contributed by atoms with Crippen molar-refractivity contribution in [3.8, 4) is 11.5 Å². The van der Waals surface area contributed by atoms with Gasteiger partial charge in [-0.1, -0.05) is 133 Å². The number of fused-ring (bicyclic) bond motifs is 1. The summed E-state index contributed by atoms with van der Waals surface area (Å²) in [5, 5.41) is 0. The summed E-state index contributed by atoms with van der Waals surface area (Å²) in [6.07, 6.45) is 1.11. The zero-order valence-electron chi connectivity index (χ0n) is 35.2. The van der Waals surface area contributed by atoms with Gasteiger partial charge < -0.3 is 33.2 Å². The Kier molecular flexibility index (Phi) is 13.2. The Bertz CT molecular complexity index is 2370. The lowest BCUT2D eigenvalue weighted by Gasteiger charge is -2.46. The molecule has 0 bridgehead atoms. The van der Waals surface area contributed by atoms with Crippen molar-refractivity contribution in [1.82, 2.24) is 0 Å². The second-order valence-corrected chi connectivity index (χ2v) is 16.7. The molecule has 0 aromatic heterocycles. The van der Waals surface area contributed by atoms with Gasteiger partial charge in [0.05, 0.1) is 52.1 Å². The maximum atomic E-state index is 13.4. The smallest absolute Gasteiger partial charge is 0.170 e. The summed E-state index contributed by atoms with van der Waals surface area (Å²) in [6.45, 7) is 1.72. The van der Waals surface area contributed by atoms with Crippen molar-refractivity contribution in [2.75, 3.05) is 13.7 Å². The molecule has 2 aliphatic heterocycles. The van der Waals surface area contributed by atoms with Gasteiger partial charge >= 0.3 is 0 Å². The Labute approximate surface area is 364 Å². The molecule has 5 atom stereocenters. The van der Waals surface area contributed by atoms with E-state index >= 15 is 0 Å². The molecule has 6 aromatic rings. The first-order chi connectivity index (χ1) is 30.5. The highest BCUT2D eigenvalue weighted by Gasteiger charge is 2.49. The maximum Gasteiger partial charge on any atom is 0.170 e. The van der Waals surface area contributed by atoms with Crippen molar-refractivity contribution >= 4 is 5.78 Å². The lowest BCUT2D eigenvalue weighted by atomic mass is 9.74. The summed E-state index contributed by atoms with van der Waals surface area (Å²) in [7, 11) is 1.69. The zero-order valence-corrected chi connectivity index (χ0v) is 35.2. The standard InChI is InChI=1S/C54H54O8/c1-56-47-26-24-43(31-44(47)29-42-23-25-48-45(30-42)46(55)32-54(62-48)27-14-28-54)50-52(59-35-40-19-10-4-11-20-40)53(60-36-41-21-12-5-13-22-41)51(58-34-39-17-8-3-9-18-39)49(61-50)37-57-33-38-15-6-2-7-16-38/h2-13,15-26,30-31,49-53H,14,27-29,32-37H2,1H3/t49-,50+,51-,52+,53+/m1/s1. The molecule has 1 saturated heterocycles. The number of rotatable bonds is 17. The minimum atomic E-state index is -0.594. The average Bonchev–Trinajstić information content (AvgIpc) is 3.30. The highest BCUT2D eigenvalue weighted by atomic mass is 16.6. The summed E-state index contributed by atoms with van der Waals surface area (Å²) in [5.41, 5.74) is 7.38. The average molecular weight is 831 g/mol. The van der Waals surface area contributed by atoms with Crippen molar-refractivity contribution in [3.05, 3.63) is 202 Å². The van der Waals surface area contributed by atoms with E-state index in [1.54, 1.807) is 7.11 Å². The summed E-state index contributed by atoms with van der Waals surface area (Å²) >= 11 is 0. The third kappa shape index (κ3) is 9.86. The van der Waals surface area contributed by atoms with Crippen LogP contribution in [0.15, 0.2) is 158 Å². The molecule has 0 N–H and O–H groups in total. The van der Waals surface area contributed by atoms with Gasteiger partial charge in [-0.15, -0.1) is 0 Å². The van der Waals surface area contributed by atoms with Crippen LogP contribution in [-0.2, 0) is 56.5 Å². The number of ether oxygens (including phenoxy) is 7. The van der Waals surface area contributed by atoms with E-state index in [-0.39, 0.29) is 18.0 Å². The van der Waals surface area contributed by atoms with E-state index in [9.17, 15) is 4.79 Å². The molecule has 1 spiro atoms. The molecule has 62 heavy (non-hydrogen) atoms. The maximum absolute atomic E-state index is 13.4. The van der Waals surface area contributed by atoms with Gasteiger partial charge in [-0.05, 0) is 82.5 Å². The largest absolute Gasteiger partial charge is 0.496 e. The lowest BCUT2D eigenvalue weighted by Crippen LogP contribution is -2.58. The second kappa shape index (κ2) is 19.6. The first-order valence-electron chi connectivity index (χ1n) is 21.8. The number of carbonyl (C=O) groups excluding carboxylic acids is 1. The van der Waals surface area contributed by atoms with Crippen molar-refractivity contribution < 1.29 is 38.0 Å². The lowest BCUT2D eigenvalue weighted by molar-refractivity contribution is -0.275. The first kappa shape index (κ1) is 41.7. The molecule has 1 saturated carbocycles. The van der Waals surface area contributed by atoms with E-state index < -0.39 is 30.5 Å². The Morgan fingerprint density at radius 1 is 0.597 bits per heavy atom. The number of methoxy groups -OCH3 is 1. The summed E-state index contributed by atoms with van der Waals surface area (Å²) < 4.78 is 47.0. The molecule has 2 fully saturated rings. The topological polar surface area (TPSA) is 81.7 Å². The van der Waals surface area contributed by atoms with Crippen LogP contribution in [0, 0.1) is 0 Å². The Morgan fingerprint density at radius 2 is 1.16 bits per heavy atom. The molecule has 6 aromatic carbocycles. The number of Topliss-reactive ketones (excluding diaryl/α,β-unsaturated/α-hetero) is 1. The van der Waals surface area contributed by atoms with Crippen molar-refractivity contribution in [2.45, 2.75) is 94.7 Å². The quantitative estimate of drug-likeness (QED) is 0.0899. The molecule has 1 aliphatic carbocycles. The second-order valence-electron chi connectivity index (χ2n) is 16.7. The van der Waals surface area contributed by atoms with Gasteiger partial charge in [0, 0.05) is 6.42 Å². The van der Waals surface area contributed by atoms with E-state index in [4.69, 9.17) is 33.2 Å². The van der Waals surface area contributed by atoms with E-state index in [1.807, 2.05) is 91.0 Å². The number of ketones is 1. The Balaban J connectivity index is 1.07. The van der Waals surface area contributed by atoms with E-state index in [0.29, 0.717) is 50.6 Å². The third-order valence-electron chi connectivity index (χ3n) is 12.3. The predicted octanol–water partition coefficient (Wildman–Crippen LogP) is 10.6. The van der Waals surface area contributed by atoms with Gasteiger partial charge in [0.25, 0.3) is 0 Å². The highest BCUT2D eigenvalue weighted by Crippen LogP contribution is 2.45. The zero-order chi connectivity index (χ0) is 42.1. The Morgan fingerprint density at radius 3 is 1.73 bits per heavy atom. The molecule has 3 aliphatic rings. The van der Waals surface area contributed by atoms with Crippen LogP contribution >= 0.6 is 0 Å². The fourth-order valence-corrected chi connectivity index (χ4v) is 8.89. The fourth-order valence-electron chi connectivity index (χ4n) is 8.89. The minimum Gasteiger partial charge on any atom is -0.496 e. The van der Waals surface area contributed by atoms with Crippen LogP contribution in [0.25, 0.3) is 0 Å². The number of carbonyl (C=O) groups is 1. The van der Waals surface area contributed by atoms with E-state index in [2.05, 4.69) is 66.7 Å². The van der Waals surface area contributed by atoms with Crippen LogP contribution < -0.4 is 9.47 Å². The Hall–Kier alpha value is -5.61. The third-order valence-corrected chi connectivity index (χ3v) is 12.3. The molecule has 2 heterocycles. The molecule has 8 nitrogen and oxygen atoms in total. The highest BCUT2D eigenvalue weighted by molar-refractivity contribution is 6.00. The molecule has 9 rings (SSSR count). The monoisotopic (exact) mass is 830 g/mol. The van der Waals surface area contributed by atoms with Crippen molar-refractivity contribution in [1.29, 1.82) is 0 Å². The summed E-state index contributed by atoms with van der Waals surface area (Å²) in [6, 6.07) is 52.9. The van der Waals surface area contributed by atoms with Crippen LogP contribution in [0.2, 0.25) is 0 Å². The van der Waals surface area contributed by atoms with Gasteiger partial charge in [0.2, 0.25) is 0 Å². The van der Waals surface area contributed by atoms with Gasteiger partial charge in [0.1, 0.15) is 47.6 Å². The van der Waals surface area contributed by atoms with Crippen LogP contribution in [0.4, 0.5) is 0 Å². The SMILES string of the molecule is COc1ccc([C@@H]2O[C@H](COCc3ccccc3)[C@@H](OCc3ccccc3)[C@H](OCc3ccccc3)[C@H]2OCc2ccccc2)cc1Cc1ccc2c(c1)C(=O)CC1(CCC1)O2. The number of hydrogen-bond donors (Lipinski definition) is 0. The molecule has 318 valence electrons. The van der Waals surface area contributed by atoms with Crippen LogP contribution in [0.1, 0.15) is 81.1 Å². The normalized spacial score (nSPS) is 21.4. The predicted molar refractivity (Wildman–Crippen MR) is 237 cm³/mol. The van der Waals surface area contributed by atoms with Gasteiger partial charge in [-0.2, -0.15) is 0 Å². The number of benzene rings is 6. The van der Waals surface area contributed by atoms with Gasteiger partial charge in [0.15, 0.2) is 5.78 Å². The summed E-state index contributed by atoms with van der Waals surface area (Å²) in [4.78, 5) is 13.4. The molecule has 0 unspecified atom stereocenters.